The minimum Gasteiger partial charge on any atom is -0.381 e. The Morgan fingerprint density at radius 3 is 2.20 bits per heavy atom. The quantitative estimate of drug-likeness (QED) is 0.557. The molecule has 0 amide bonds. The van der Waals surface area contributed by atoms with Crippen LogP contribution in [0.5, 0.6) is 0 Å². The first-order valence-electron chi connectivity index (χ1n) is 4.37. The Kier molecular flexibility index (Phi) is 7.04. The minimum absolute atomic E-state index is 0.518. The van der Waals surface area contributed by atoms with Crippen LogP contribution in [0.4, 0.5) is 0 Å². The van der Waals surface area contributed by atoms with Gasteiger partial charge in [-0.15, -0.1) is 0 Å². The third kappa shape index (κ3) is 4.80. The van der Waals surface area contributed by atoms with E-state index in [9.17, 15) is 0 Å². The maximum atomic E-state index is 5.29. The van der Waals surface area contributed by atoms with Crippen LogP contribution in [0.3, 0.4) is 0 Å². The average molecular weight is 144 g/mol. The maximum absolute atomic E-state index is 5.29. The number of methoxy groups -OCH3 is 1. The molecule has 0 heterocycles. The van der Waals surface area contributed by atoms with E-state index < -0.39 is 0 Å². The van der Waals surface area contributed by atoms with Gasteiger partial charge in [-0.2, -0.15) is 0 Å². The molecule has 0 bridgehead atoms. The third-order valence-electron chi connectivity index (χ3n) is 1.82. The average Bonchev–Trinajstić information content (AvgIpc) is 1.98. The molecular weight excluding hydrogens is 124 g/mol. The van der Waals surface area contributed by atoms with Gasteiger partial charge in [-0.05, 0) is 12.8 Å². The van der Waals surface area contributed by atoms with Crippen molar-refractivity contribution in [3.63, 3.8) is 0 Å². The zero-order chi connectivity index (χ0) is 7.82. The molecule has 0 aromatic carbocycles. The second-order valence-corrected chi connectivity index (χ2v) is 2.79. The van der Waals surface area contributed by atoms with Gasteiger partial charge in [0.15, 0.2) is 0 Å². The first kappa shape index (κ1) is 9.96. The van der Waals surface area contributed by atoms with E-state index in [4.69, 9.17) is 4.74 Å². The highest BCUT2D eigenvalue weighted by Crippen LogP contribution is 2.09. The molecule has 0 radical (unpaired) electrons. The van der Waals surface area contributed by atoms with Crippen molar-refractivity contribution in [2.75, 3.05) is 7.11 Å². The Labute approximate surface area is 64.8 Å². The standard InChI is InChI=1S/C9H20O/c1-4-6-8-9(10-3)7-5-2/h9H,4-8H2,1-3H3. The Bertz CT molecular complexity index is 61.7. The van der Waals surface area contributed by atoms with Crippen LogP contribution in [0.1, 0.15) is 46.0 Å². The van der Waals surface area contributed by atoms with Crippen LogP contribution in [0, 0.1) is 0 Å². The van der Waals surface area contributed by atoms with E-state index in [0.29, 0.717) is 6.10 Å². The van der Waals surface area contributed by atoms with Crippen LogP contribution in [-0.2, 0) is 4.74 Å². The van der Waals surface area contributed by atoms with Crippen molar-refractivity contribution in [2.24, 2.45) is 0 Å². The van der Waals surface area contributed by atoms with Gasteiger partial charge < -0.3 is 4.74 Å². The Balaban J connectivity index is 3.21. The van der Waals surface area contributed by atoms with Crippen molar-refractivity contribution >= 4 is 0 Å². The zero-order valence-electron chi connectivity index (χ0n) is 7.52. The van der Waals surface area contributed by atoms with Crippen LogP contribution in [0.25, 0.3) is 0 Å². The lowest BCUT2D eigenvalue weighted by atomic mass is 10.1. The van der Waals surface area contributed by atoms with Gasteiger partial charge in [0.25, 0.3) is 0 Å². The summed E-state index contributed by atoms with van der Waals surface area (Å²) in [5.41, 5.74) is 0. The molecule has 62 valence electrons. The van der Waals surface area contributed by atoms with Crippen molar-refractivity contribution in [3.8, 4) is 0 Å². The molecule has 1 unspecified atom stereocenters. The predicted molar refractivity (Wildman–Crippen MR) is 45.2 cm³/mol. The fourth-order valence-electron chi connectivity index (χ4n) is 1.13. The normalized spacial score (nSPS) is 13.5. The first-order chi connectivity index (χ1) is 4.85. The number of rotatable bonds is 6. The van der Waals surface area contributed by atoms with Gasteiger partial charge in [0, 0.05) is 7.11 Å². The fraction of sp³-hybridized carbons (Fsp3) is 1.00. The van der Waals surface area contributed by atoms with E-state index in [2.05, 4.69) is 13.8 Å². The van der Waals surface area contributed by atoms with E-state index in [1.807, 2.05) is 7.11 Å². The lowest BCUT2D eigenvalue weighted by Crippen LogP contribution is -2.09. The fourth-order valence-corrected chi connectivity index (χ4v) is 1.13. The summed E-state index contributed by atoms with van der Waals surface area (Å²) in [6, 6.07) is 0. The largest absolute Gasteiger partial charge is 0.381 e. The van der Waals surface area contributed by atoms with Crippen molar-refractivity contribution in [1.82, 2.24) is 0 Å². The van der Waals surface area contributed by atoms with Crippen LogP contribution >= 0.6 is 0 Å². The smallest absolute Gasteiger partial charge is 0.0571 e. The number of unbranched alkanes of at least 4 members (excludes halogenated alkanes) is 1. The van der Waals surface area contributed by atoms with Crippen LogP contribution in [0.15, 0.2) is 0 Å². The Hall–Kier alpha value is -0.0400. The van der Waals surface area contributed by atoms with Crippen molar-refractivity contribution in [3.05, 3.63) is 0 Å². The molecule has 0 fully saturated rings. The summed E-state index contributed by atoms with van der Waals surface area (Å²) in [5, 5.41) is 0. The van der Waals surface area contributed by atoms with Crippen LogP contribution in [0.2, 0.25) is 0 Å². The topological polar surface area (TPSA) is 9.23 Å². The molecule has 1 nitrogen and oxygen atoms in total. The van der Waals surface area contributed by atoms with Gasteiger partial charge in [0.1, 0.15) is 0 Å². The highest BCUT2D eigenvalue weighted by atomic mass is 16.5. The van der Waals surface area contributed by atoms with Gasteiger partial charge in [-0.25, -0.2) is 0 Å². The molecule has 0 saturated heterocycles. The van der Waals surface area contributed by atoms with E-state index in [1.165, 1.54) is 32.1 Å². The third-order valence-corrected chi connectivity index (χ3v) is 1.82. The SMILES string of the molecule is CCCCC(CCC)OC. The lowest BCUT2D eigenvalue weighted by Gasteiger charge is -2.12. The van der Waals surface area contributed by atoms with Crippen molar-refractivity contribution in [1.29, 1.82) is 0 Å². The van der Waals surface area contributed by atoms with Gasteiger partial charge in [0.2, 0.25) is 0 Å². The van der Waals surface area contributed by atoms with E-state index in [0.717, 1.165) is 0 Å². The number of ether oxygens (including phenoxy) is 1. The maximum Gasteiger partial charge on any atom is 0.0571 e. The van der Waals surface area contributed by atoms with E-state index in [1.54, 1.807) is 0 Å². The van der Waals surface area contributed by atoms with Gasteiger partial charge in [0.05, 0.1) is 6.10 Å². The van der Waals surface area contributed by atoms with E-state index >= 15 is 0 Å². The highest BCUT2D eigenvalue weighted by Gasteiger charge is 2.03. The van der Waals surface area contributed by atoms with Gasteiger partial charge in [-0.3, -0.25) is 0 Å². The second kappa shape index (κ2) is 7.07. The van der Waals surface area contributed by atoms with Crippen LogP contribution < -0.4 is 0 Å². The Morgan fingerprint density at radius 2 is 1.80 bits per heavy atom. The van der Waals surface area contributed by atoms with Crippen molar-refractivity contribution in [2.45, 2.75) is 52.1 Å². The summed E-state index contributed by atoms with van der Waals surface area (Å²) >= 11 is 0. The molecule has 0 saturated carbocycles. The van der Waals surface area contributed by atoms with Crippen LogP contribution in [-0.4, -0.2) is 13.2 Å². The van der Waals surface area contributed by atoms with E-state index in [-0.39, 0.29) is 0 Å². The summed E-state index contributed by atoms with van der Waals surface area (Å²) in [7, 11) is 1.82. The summed E-state index contributed by atoms with van der Waals surface area (Å²) < 4.78 is 5.29. The van der Waals surface area contributed by atoms with Gasteiger partial charge in [-0.1, -0.05) is 33.1 Å². The summed E-state index contributed by atoms with van der Waals surface area (Å²) in [4.78, 5) is 0. The number of hydrogen-bond acceptors (Lipinski definition) is 1. The summed E-state index contributed by atoms with van der Waals surface area (Å²) in [6.45, 7) is 4.43. The molecule has 0 spiro atoms. The van der Waals surface area contributed by atoms with Gasteiger partial charge >= 0.3 is 0 Å². The molecule has 0 aromatic heterocycles. The minimum atomic E-state index is 0.518. The molecule has 1 heteroatoms. The monoisotopic (exact) mass is 144 g/mol. The van der Waals surface area contributed by atoms with Crippen molar-refractivity contribution < 1.29 is 4.74 Å². The zero-order valence-corrected chi connectivity index (χ0v) is 7.52. The molecule has 0 aliphatic carbocycles. The molecule has 0 aliphatic rings. The highest BCUT2D eigenvalue weighted by molar-refractivity contribution is 4.55. The molecule has 0 aliphatic heterocycles. The number of hydrogen-bond donors (Lipinski definition) is 0. The second-order valence-electron chi connectivity index (χ2n) is 2.79. The summed E-state index contributed by atoms with van der Waals surface area (Å²) in [5.74, 6) is 0. The Morgan fingerprint density at radius 1 is 1.10 bits per heavy atom. The molecular formula is C9H20O. The first-order valence-corrected chi connectivity index (χ1v) is 4.37. The molecule has 0 rings (SSSR count). The molecule has 10 heavy (non-hydrogen) atoms. The summed E-state index contributed by atoms with van der Waals surface area (Å²) in [6.07, 6.45) is 6.80. The molecule has 1 atom stereocenters. The predicted octanol–water partition coefficient (Wildman–Crippen LogP) is 2.99. The molecule has 0 N–H and O–H groups in total. The lowest BCUT2D eigenvalue weighted by molar-refractivity contribution is 0.0854. The molecule has 0 aromatic rings.